The van der Waals surface area contributed by atoms with E-state index in [1.54, 1.807) is 20.8 Å². The van der Waals surface area contributed by atoms with E-state index in [0.717, 1.165) is 32.1 Å². The molecule has 0 saturated heterocycles. The fraction of sp³-hybridized carbons (Fsp3) is 1.00. The third kappa shape index (κ3) is 8.95. The zero-order valence-electron chi connectivity index (χ0n) is 13.0. The molecule has 0 aliphatic rings. The first-order chi connectivity index (χ1) is 9.09. The van der Waals surface area contributed by atoms with Crippen LogP contribution >= 0.6 is 0 Å². The van der Waals surface area contributed by atoms with Crippen molar-refractivity contribution < 1.29 is 17.4 Å². The van der Waals surface area contributed by atoms with Crippen molar-refractivity contribution in [3.8, 4) is 0 Å². The molecule has 2 atom stereocenters. The third-order valence-electron chi connectivity index (χ3n) is 3.05. The highest BCUT2D eigenvalue weighted by atomic mass is 32.2. The van der Waals surface area contributed by atoms with Crippen molar-refractivity contribution in [2.75, 3.05) is 0 Å². The summed E-state index contributed by atoms with van der Waals surface area (Å²) in [6.45, 7) is 7.09. The Morgan fingerprint density at radius 3 is 1.95 bits per heavy atom. The second-order valence-electron chi connectivity index (χ2n) is 6.15. The average Bonchev–Trinajstić information content (AvgIpc) is 2.29. The summed E-state index contributed by atoms with van der Waals surface area (Å²) in [5, 5.41) is 0. The van der Waals surface area contributed by atoms with Gasteiger partial charge in [0.2, 0.25) is 0 Å². The van der Waals surface area contributed by atoms with Crippen LogP contribution in [0.1, 0.15) is 72.6 Å². The van der Waals surface area contributed by atoms with E-state index < -0.39 is 28.0 Å². The summed E-state index contributed by atoms with van der Waals surface area (Å²) in [6.07, 6.45) is 1.28. The summed E-state index contributed by atoms with van der Waals surface area (Å²) in [4.78, 5) is 0. The Hall–Kier alpha value is -0.100. The van der Waals surface area contributed by atoms with Crippen molar-refractivity contribution in [2.24, 2.45) is 0 Å². The molecule has 0 spiro atoms. The molecule has 0 saturated carbocycles. The first-order valence-electron chi connectivity index (χ1n) is 7.33. The van der Waals surface area contributed by atoms with Gasteiger partial charge in [-0.1, -0.05) is 45.4 Å². The maximum Gasteiger partial charge on any atom is 0.404 e. The number of unbranched alkanes of at least 4 members (excludes halogenated alkanes) is 5. The number of hydrogen-bond donors (Lipinski definition) is 1. The molecule has 0 aromatic rings. The van der Waals surface area contributed by atoms with E-state index >= 15 is 0 Å². The molecular weight excluding hydrogens is 287 g/mol. The molecule has 0 fully saturated rings. The lowest BCUT2D eigenvalue weighted by atomic mass is 10.1. The molecule has 2 nitrogen and oxygen atoms in total. The Morgan fingerprint density at radius 1 is 1.00 bits per heavy atom. The van der Waals surface area contributed by atoms with Crippen molar-refractivity contribution in [1.82, 2.24) is 4.72 Å². The van der Waals surface area contributed by atoms with Crippen molar-refractivity contribution in [2.45, 2.75) is 89.6 Å². The molecule has 0 amide bonds. The van der Waals surface area contributed by atoms with Gasteiger partial charge in [-0.2, -0.15) is 13.2 Å². The van der Waals surface area contributed by atoms with E-state index in [9.17, 15) is 17.4 Å². The molecule has 0 aromatic heterocycles. The summed E-state index contributed by atoms with van der Waals surface area (Å²) in [7, 11) is -1.69. The fourth-order valence-electron chi connectivity index (χ4n) is 1.72. The smallest absolute Gasteiger partial charge is 0.242 e. The van der Waals surface area contributed by atoms with Gasteiger partial charge in [0, 0.05) is 0 Å². The third-order valence-corrected chi connectivity index (χ3v) is 4.66. The summed E-state index contributed by atoms with van der Waals surface area (Å²) in [5.41, 5.74) is 0. The molecule has 122 valence electrons. The van der Waals surface area contributed by atoms with Crippen molar-refractivity contribution in [3.05, 3.63) is 0 Å². The highest BCUT2D eigenvalue weighted by Gasteiger charge is 2.41. The Bertz CT molecular complexity index is 287. The van der Waals surface area contributed by atoms with E-state index in [2.05, 4.69) is 11.6 Å². The standard InChI is InChI=1S/C14H28F3NOS/c1-5-6-7-8-9-10-11-12(14(15,16)17)18-20(19)13(2,3)4/h12,18H,5-11H2,1-4H3/t12-,20?/m1/s1. The van der Waals surface area contributed by atoms with Crippen molar-refractivity contribution in [3.63, 3.8) is 0 Å². The molecular formula is C14H28F3NOS. The van der Waals surface area contributed by atoms with Gasteiger partial charge in [-0.15, -0.1) is 0 Å². The van der Waals surface area contributed by atoms with Crippen LogP contribution in [0, 0.1) is 0 Å². The van der Waals surface area contributed by atoms with Gasteiger partial charge in [0.25, 0.3) is 0 Å². The second-order valence-corrected chi connectivity index (χ2v) is 8.15. The topological polar surface area (TPSA) is 29.1 Å². The minimum Gasteiger partial charge on any atom is -0.242 e. The van der Waals surface area contributed by atoms with Crippen molar-refractivity contribution in [1.29, 1.82) is 0 Å². The van der Waals surface area contributed by atoms with Gasteiger partial charge in [0.15, 0.2) is 0 Å². The average molecular weight is 315 g/mol. The van der Waals surface area contributed by atoms with Crippen LogP contribution in [0.4, 0.5) is 13.2 Å². The maximum atomic E-state index is 12.9. The van der Waals surface area contributed by atoms with Crippen LogP contribution < -0.4 is 4.72 Å². The monoisotopic (exact) mass is 315 g/mol. The molecule has 0 aliphatic carbocycles. The molecule has 0 bridgehead atoms. The normalized spacial score (nSPS) is 16.1. The number of hydrogen-bond acceptors (Lipinski definition) is 1. The van der Waals surface area contributed by atoms with Gasteiger partial charge in [0.05, 0.1) is 15.7 Å². The Morgan fingerprint density at radius 2 is 1.50 bits per heavy atom. The zero-order valence-corrected chi connectivity index (χ0v) is 13.8. The Kier molecular flexibility index (Phi) is 8.98. The SMILES string of the molecule is CCCCCCCC[C@@H](NS(=O)C(C)(C)C)C(F)(F)F. The van der Waals surface area contributed by atoms with Crippen LogP contribution in [0.2, 0.25) is 0 Å². The molecule has 0 aromatic carbocycles. The summed E-state index contributed by atoms with van der Waals surface area (Å²) in [5.74, 6) is 0. The van der Waals surface area contributed by atoms with Crippen LogP contribution in [0.25, 0.3) is 0 Å². The van der Waals surface area contributed by atoms with E-state index in [4.69, 9.17) is 0 Å². The lowest BCUT2D eigenvalue weighted by Crippen LogP contribution is -2.47. The molecule has 0 radical (unpaired) electrons. The molecule has 0 rings (SSSR count). The highest BCUT2D eigenvalue weighted by Crippen LogP contribution is 2.26. The largest absolute Gasteiger partial charge is 0.404 e. The lowest BCUT2D eigenvalue weighted by molar-refractivity contribution is -0.152. The maximum absolute atomic E-state index is 12.9. The number of nitrogens with one attached hydrogen (secondary N) is 1. The first kappa shape index (κ1) is 19.9. The van der Waals surface area contributed by atoms with Crippen LogP contribution in [-0.2, 0) is 11.0 Å². The highest BCUT2D eigenvalue weighted by molar-refractivity contribution is 7.84. The van der Waals surface area contributed by atoms with Crippen LogP contribution in [0.3, 0.4) is 0 Å². The lowest BCUT2D eigenvalue weighted by Gasteiger charge is -2.25. The first-order valence-corrected chi connectivity index (χ1v) is 8.48. The zero-order chi connectivity index (χ0) is 15.8. The second kappa shape index (κ2) is 9.03. The molecule has 20 heavy (non-hydrogen) atoms. The Labute approximate surface area is 123 Å². The Balaban J connectivity index is 4.22. The van der Waals surface area contributed by atoms with E-state index in [0.29, 0.717) is 6.42 Å². The predicted molar refractivity (Wildman–Crippen MR) is 78.9 cm³/mol. The number of alkyl halides is 3. The van der Waals surface area contributed by atoms with E-state index in [1.807, 2.05) is 0 Å². The molecule has 1 N–H and O–H groups in total. The van der Waals surface area contributed by atoms with Gasteiger partial charge >= 0.3 is 6.18 Å². The molecule has 0 aliphatic heterocycles. The summed E-state index contributed by atoms with van der Waals surface area (Å²) >= 11 is 0. The quantitative estimate of drug-likeness (QED) is 0.613. The van der Waals surface area contributed by atoms with Gasteiger partial charge < -0.3 is 0 Å². The predicted octanol–water partition coefficient (Wildman–Crippen LogP) is 4.72. The summed E-state index contributed by atoms with van der Waals surface area (Å²) in [6, 6.07) is -1.67. The fourth-order valence-corrected chi connectivity index (χ4v) is 2.59. The van der Waals surface area contributed by atoms with Gasteiger partial charge in [-0.3, -0.25) is 0 Å². The van der Waals surface area contributed by atoms with Crippen LogP contribution in [0.5, 0.6) is 0 Å². The number of rotatable bonds is 9. The molecule has 0 heterocycles. The van der Waals surface area contributed by atoms with Crippen LogP contribution in [-0.4, -0.2) is 21.2 Å². The van der Waals surface area contributed by atoms with Gasteiger partial charge in [-0.05, 0) is 27.2 Å². The minimum absolute atomic E-state index is 0.00253. The number of halogens is 3. The van der Waals surface area contributed by atoms with Gasteiger partial charge in [-0.25, -0.2) is 8.93 Å². The summed E-state index contributed by atoms with van der Waals surface area (Å²) < 4.78 is 52.1. The minimum atomic E-state index is -4.34. The van der Waals surface area contributed by atoms with Crippen LogP contribution in [0.15, 0.2) is 0 Å². The molecule has 6 heteroatoms. The van der Waals surface area contributed by atoms with E-state index in [1.165, 1.54) is 0 Å². The van der Waals surface area contributed by atoms with E-state index in [-0.39, 0.29) is 6.42 Å². The van der Waals surface area contributed by atoms with Crippen molar-refractivity contribution >= 4 is 11.0 Å². The molecule has 1 unspecified atom stereocenters. The van der Waals surface area contributed by atoms with Gasteiger partial charge in [0.1, 0.15) is 6.04 Å².